The van der Waals surface area contributed by atoms with Crippen molar-refractivity contribution in [1.29, 1.82) is 0 Å². The fraction of sp³-hybridized carbons (Fsp3) is 0.167. The molecule has 0 fully saturated rings. The summed E-state index contributed by atoms with van der Waals surface area (Å²) < 4.78 is 5.62. The molecule has 88 valence electrons. The average molecular weight is 295 g/mol. The summed E-state index contributed by atoms with van der Waals surface area (Å²) in [6.07, 6.45) is 2.13. The van der Waals surface area contributed by atoms with Crippen LogP contribution in [0.15, 0.2) is 34.9 Å². The van der Waals surface area contributed by atoms with Crippen molar-refractivity contribution >= 4 is 21.9 Å². The van der Waals surface area contributed by atoms with Crippen molar-refractivity contribution in [2.75, 3.05) is 7.11 Å². The summed E-state index contributed by atoms with van der Waals surface area (Å²) in [4.78, 5) is 18.3. The Morgan fingerprint density at radius 2 is 2.35 bits per heavy atom. The van der Waals surface area contributed by atoms with Crippen LogP contribution in [-0.4, -0.2) is 23.0 Å². The van der Waals surface area contributed by atoms with Crippen LogP contribution in [0.4, 0.5) is 0 Å². The van der Waals surface area contributed by atoms with Gasteiger partial charge in [-0.2, -0.15) is 0 Å². The molecule has 1 aromatic heterocycles. The van der Waals surface area contributed by atoms with Crippen LogP contribution in [0.3, 0.4) is 0 Å². The van der Waals surface area contributed by atoms with Crippen molar-refractivity contribution in [2.24, 2.45) is 0 Å². The van der Waals surface area contributed by atoms with Crippen molar-refractivity contribution in [1.82, 2.24) is 9.97 Å². The SMILES string of the molecule is COC(=O)c1cnc(Cc2cccc(Br)c2)[nH]1. The highest BCUT2D eigenvalue weighted by molar-refractivity contribution is 9.10. The van der Waals surface area contributed by atoms with Gasteiger partial charge in [-0.25, -0.2) is 9.78 Å². The van der Waals surface area contributed by atoms with Crippen LogP contribution >= 0.6 is 15.9 Å². The van der Waals surface area contributed by atoms with Gasteiger partial charge in [-0.05, 0) is 17.7 Å². The zero-order valence-corrected chi connectivity index (χ0v) is 10.8. The second kappa shape index (κ2) is 5.14. The van der Waals surface area contributed by atoms with Gasteiger partial charge in [-0.15, -0.1) is 0 Å². The first-order valence-electron chi connectivity index (χ1n) is 5.05. The van der Waals surface area contributed by atoms with E-state index >= 15 is 0 Å². The van der Waals surface area contributed by atoms with Crippen LogP contribution in [0.2, 0.25) is 0 Å². The number of imidazole rings is 1. The molecule has 0 aliphatic rings. The molecular formula is C12H11BrN2O2. The summed E-state index contributed by atoms with van der Waals surface area (Å²) in [6.45, 7) is 0. The number of nitrogens with one attached hydrogen (secondary N) is 1. The first kappa shape index (κ1) is 11.9. The normalized spacial score (nSPS) is 10.2. The highest BCUT2D eigenvalue weighted by Crippen LogP contribution is 2.14. The van der Waals surface area contributed by atoms with Crippen LogP contribution in [0.25, 0.3) is 0 Å². The van der Waals surface area contributed by atoms with E-state index in [0.29, 0.717) is 12.1 Å². The maximum Gasteiger partial charge on any atom is 0.356 e. The molecule has 2 rings (SSSR count). The van der Waals surface area contributed by atoms with Crippen molar-refractivity contribution in [2.45, 2.75) is 6.42 Å². The predicted molar refractivity (Wildman–Crippen MR) is 66.9 cm³/mol. The third kappa shape index (κ3) is 2.94. The molecule has 0 amide bonds. The van der Waals surface area contributed by atoms with Gasteiger partial charge in [0.1, 0.15) is 11.5 Å². The smallest absolute Gasteiger partial charge is 0.356 e. The Balaban J connectivity index is 2.14. The highest BCUT2D eigenvalue weighted by atomic mass is 79.9. The molecule has 1 aromatic carbocycles. The van der Waals surface area contributed by atoms with Crippen molar-refractivity contribution < 1.29 is 9.53 Å². The van der Waals surface area contributed by atoms with Crippen molar-refractivity contribution in [3.8, 4) is 0 Å². The standard InChI is InChI=1S/C12H11BrN2O2/c1-17-12(16)10-7-14-11(15-10)6-8-3-2-4-9(13)5-8/h2-5,7H,6H2,1H3,(H,14,15). The van der Waals surface area contributed by atoms with Gasteiger partial charge in [0.25, 0.3) is 0 Å². The van der Waals surface area contributed by atoms with Crippen molar-refractivity contribution in [3.05, 3.63) is 52.0 Å². The lowest BCUT2D eigenvalue weighted by Gasteiger charge is -1.99. The molecule has 0 atom stereocenters. The number of H-pyrrole nitrogens is 1. The fourth-order valence-electron chi connectivity index (χ4n) is 1.51. The van der Waals surface area contributed by atoms with Crippen LogP contribution in [-0.2, 0) is 11.2 Å². The highest BCUT2D eigenvalue weighted by Gasteiger charge is 2.09. The van der Waals surface area contributed by atoms with E-state index < -0.39 is 5.97 Å². The summed E-state index contributed by atoms with van der Waals surface area (Å²) in [7, 11) is 1.34. The Kier molecular flexibility index (Phi) is 3.58. The number of carbonyl (C=O) groups excluding carboxylic acids is 1. The molecule has 0 saturated carbocycles. The van der Waals surface area contributed by atoms with Gasteiger partial charge in [-0.3, -0.25) is 0 Å². The van der Waals surface area contributed by atoms with E-state index in [9.17, 15) is 4.79 Å². The summed E-state index contributed by atoms with van der Waals surface area (Å²) >= 11 is 3.41. The predicted octanol–water partition coefficient (Wildman–Crippen LogP) is 2.55. The number of hydrogen-bond donors (Lipinski definition) is 1. The minimum absolute atomic E-state index is 0.373. The quantitative estimate of drug-likeness (QED) is 0.885. The number of methoxy groups -OCH3 is 1. The van der Waals surface area contributed by atoms with Gasteiger partial charge in [0.2, 0.25) is 0 Å². The van der Waals surface area contributed by atoms with Gasteiger partial charge in [0.05, 0.1) is 13.3 Å². The maximum absolute atomic E-state index is 11.2. The number of rotatable bonds is 3. The Morgan fingerprint density at radius 1 is 1.53 bits per heavy atom. The van der Waals surface area contributed by atoms with E-state index in [1.807, 2.05) is 24.3 Å². The summed E-state index contributed by atoms with van der Waals surface area (Å²) in [5, 5.41) is 0. The Hall–Kier alpha value is -1.62. The molecule has 0 aliphatic heterocycles. The first-order valence-corrected chi connectivity index (χ1v) is 5.85. The molecule has 17 heavy (non-hydrogen) atoms. The molecule has 0 bridgehead atoms. The van der Waals surface area contributed by atoms with E-state index in [4.69, 9.17) is 0 Å². The average Bonchev–Trinajstić information content (AvgIpc) is 2.76. The lowest BCUT2D eigenvalue weighted by Crippen LogP contribution is -2.01. The first-order chi connectivity index (χ1) is 8.19. The zero-order valence-electron chi connectivity index (χ0n) is 9.24. The molecule has 0 aliphatic carbocycles. The van der Waals surface area contributed by atoms with Crippen LogP contribution in [0, 0.1) is 0 Å². The van der Waals surface area contributed by atoms with E-state index in [2.05, 4.69) is 30.6 Å². The van der Waals surface area contributed by atoms with Gasteiger partial charge >= 0.3 is 5.97 Å². The lowest BCUT2D eigenvalue weighted by atomic mass is 10.1. The number of aromatic nitrogens is 2. The lowest BCUT2D eigenvalue weighted by molar-refractivity contribution is 0.0594. The topological polar surface area (TPSA) is 55.0 Å². The minimum atomic E-state index is -0.405. The maximum atomic E-state index is 11.2. The monoisotopic (exact) mass is 294 g/mol. The summed E-state index contributed by atoms with van der Waals surface area (Å²) in [5.41, 5.74) is 1.49. The largest absolute Gasteiger partial charge is 0.464 e. The van der Waals surface area contributed by atoms with Gasteiger partial charge < -0.3 is 9.72 Å². The van der Waals surface area contributed by atoms with Crippen LogP contribution < -0.4 is 0 Å². The molecule has 5 heteroatoms. The van der Waals surface area contributed by atoms with Crippen molar-refractivity contribution in [3.63, 3.8) is 0 Å². The van der Waals surface area contributed by atoms with E-state index in [1.165, 1.54) is 13.3 Å². The molecule has 4 nitrogen and oxygen atoms in total. The number of hydrogen-bond acceptors (Lipinski definition) is 3. The Labute approximate surface area is 107 Å². The van der Waals surface area contributed by atoms with Crippen LogP contribution in [0.1, 0.15) is 21.9 Å². The van der Waals surface area contributed by atoms with Gasteiger partial charge in [0.15, 0.2) is 0 Å². The van der Waals surface area contributed by atoms with Gasteiger partial charge in [-0.1, -0.05) is 28.1 Å². The summed E-state index contributed by atoms with van der Waals surface area (Å²) in [6, 6.07) is 7.94. The fourth-order valence-corrected chi connectivity index (χ4v) is 1.95. The molecule has 0 unspecified atom stereocenters. The number of halogens is 1. The molecule has 1 N–H and O–H groups in total. The molecular weight excluding hydrogens is 284 g/mol. The van der Waals surface area contributed by atoms with E-state index in [1.54, 1.807) is 0 Å². The molecule has 0 saturated heterocycles. The Bertz CT molecular complexity index is 537. The number of nitrogens with zero attached hydrogens (tertiary/aromatic N) is 1. The zero-order chi connectivity index (χ0) is 12.3. The number of aromatic amines is 1. The second-order valence-corrected chi connectivity index (χ2v) is 4.46. The third-order valence-electron chi connectivity index (χ3n) is 2.29. The van der Waals surface area contributed by atoms with E-state index in [0.717, 1.165) is 15.9 Å². The molecule has 2 aromatic rings. The summed E-state index contributed by atoms with van der Waals surface area (Å²) in [5.74, 6) is 0.335. The number of benzene rings is 1. The number of ether oxygens (including phenoxy) is 1. The number of esters is 1. The number of carbonyl (C=O) groups is 1. The van der Waals surface area contributed by atoms with Gasteiger partial charge in [0, 0.05) is 10.9 Å². The molecule has 0 radical (unpaired) electrons. The van der Waals surface area contributed by atoms with E-state index in [-0.39, 0.29) is 0 Å². The Morgan fingerprint density at radius 3 is 3.06 bits per heavy atom. The van der Waals surface area contributed by atoms with Crippen LogP contribution in [0.5, 0.6) is 0 Å². The molecule has 1 heterocycles. The second-order valence-electron chi connectivity index (χ2n) is 3.54. The molecule has 0 spiro atoms. The minimum Gasteiger partial charge on any atom is -0.464 e. The third-order valence-corrected chi connectivity index (χ3v) is 2.79.